The Morgan fingerprint density at radius 2 is 1.85 bits per heavy atom. The average molecular weight is 299 g/mol. The Bertz CT molecular complexity index is 513. The Morgan fingerprint density at radius 1 is 1.20 bits per heavy atom. The van der Waals surface area contributed by atoms with Crippen molar-refractivity contribution in [1.82, 2.24) is 5.32 Å². The molecule has 0 radical (unpaired) electrons. The van der Waals surface area contributed by atoms with Crippen LogP contribution in [0.4, 0.5) is 11.4 Å². The van der Waals surface area contributed by atoms with Crippen LogP contribution < -0.4 is 14.9 Å². The molecule has 1 aromatic rings. The third-order valence-electron chi connectivity index (χ3n) is 2.79. The number of anilines is 2. The van der Waals surface area contributed by atoms with Gasteiger partial charge in [-0.2, -0.15) is 0 Å². The standard InChI is InChI=1S/C14H25N3O2S/c1-12(2)15-10-7-11-20(18,19)16-13-8-5-6-9-14(13)17(3)4/h5-6,8-9,12,15-16H,7,10-11H2,1-4H3. The van der Waals surface area contributed by atoms with Gasteiger partial charge >= 0.3 is 0 Å². The van der Waals surface area contributed by atoms with E-state index in [9.17, 15) is 8.42 Å². The zero-order valence-corrected chi connectivity index (χ0v) is 13.5. The molecule has 0 aliphatic heterocycles. The highest BCUT2D eigenvalue weighted by atomic mass is 32.2. The van der Waals surface area contributed by atoms with Gasteiger partial charge in [0.2, 0.25) is 10.0 Å². The minimum absolute atomic E-state index is 0.120. The molecule has 5 nitrogen and oxygen atoms in total. The number of sulfonamides is 1. The molecule has 0 atom stereocenters. The second kappa shape index (κ2) is 7.50. The van der Waals surface area contributed by atoms with Gasteiger partial charge in [0.15, 0.2) is 0 Å². The first kappa shape index (κ1) is 16.8. The van der Waals surface area contributed by atoms with Crippen LogP contribution in [0.2, 0.25) is 0 Å². The number of nitrogens with zero attached hydrogens (tertiary/aromatic N) is 1. The second-order valence-electron chi connectivity index (χ2n) is 5.29. The zero-order valence-electron chi connectivity index (χ0n) is 12.7. The van der Waals surface area contributed by atoms with Crippen LogP contribution in [0, 0.1) is 0 Å². The minimum Gasteiger partial charge on any atom is -0.376 e. The molecule has 0 fully saturated rings. The Labute approximate surface area is 122 Å². The molecule has 1 rings (SSSR count). The van der Waals surface area contributed by atoms with Gasteiger partial charge < -0.3 is 10.2 Å². The van der Waals surface area contributed by atoms with Gasteiger partial charge in [-0.05, 0) is 25.1 Å². The molecule has 0 heterocycles. The van der Waals surface area contributed by atoms with E-state index in [2.05, 4.69) is 10.0 Å². The zero-order chi connectivity index (χ0) is 15.2. The first-order chi connectivity index (χ1) is 9.32. The first-order valence-corrected chi connectivity index (χ1v) is 8.47. The Morgan fingerprint density at radius 3 is 2.45 bits per heavy atom. The fraction of sp³-hybridized carbons (Fsp3) is 0.571. The molecular weight excluding hydrogens is 274 g/mol. The Balaban J connectivity index is 2.62. The molecule has 1 aromatic carbocycles. The largest absolute Gasteiger partial charge is 0.376 e. The van der Waals surface area contributed by atoms with E-state index in [-0.39, 0.29) is 5.75 Å². The fourth-order valence-electron chi connectivity index (χ4n) is 1.82. The van der Waals surface area contributed by atoms with Crippen LogP contribution in [0.1, 0.15) is 20.3 Å². The summed E-state index contributed by atoms with van der Waals surface area (Å²) in [7, 11) is 0.472. The summed E-state index contributed by atoms with van der Waals surface area (Å²) >= 11 is 0. The van der Waals surface area contributed by atoms with Crippen molar-refractivity contribution < 1.29 is 8.42 Å². The highest BCUT2D eigenvalue weighted by Crippen LogP contribution is 2.24. The molecule has 0 aromatic heterocycles. The van der Waals surface area contributed by atoms with Crippen molar-refractivity contribution in [3.8, 4) is 0 Å². The van der Waals surface area contributed by atoms with E-state index in [4.69, 9.17) is 0 Å². The predicted molar refractivity (Wildman–Crippen MR) is 85.9 cm³/mol. The maximum atomic E-state index is 12.1. The van der Waals surface area contributed by atoms with Crippen LogP contribution in [0.15, 0.2) is 24.3 Å². The van der Waals surface area contributed by atoms with E-state index in [1.165, 1.54) is 0 Å². The van der Waals surface area contributed by atoms with Crippen molar-refractivity contribution in [3.63, 3.8) is 0 Å². The number of para-hydroxylation sites is 2. The van der Waals surface area contributed by atoms with Crippen molar-refractivity contribution in [3.05, 3.63) is 24.3 Å². The SMILES string of the molecule is CC(C)NCCCS(=O)(=O)Nc1ccccc1N(C)C. The molecule has 0 saturated carbocycles. The molecule has 0 unspecified atom stereocenters. The van der Waals surface area contributed by atoms with Crippen LogP contribution >= 0.6 is 0 Å². The van der Waals surface area contributed by atoms with Gasteiger partial charge in [0.05, 0.1) is 17.1 Å². The van der Waals surface area contributed by atoms with Crippen LogP contribution in [0.3, 0.4) is 0 Å². The van der Waals surface area contributed by atoms with Crippen molar-refractivity contribution in [1.29, 1.82) is 0 Å². The molecule has 0 saturated heterocycles. The van der Waals surface area contributed by atoms with Gasteiger partial charge in [0, 0.05) is 20.1 Å². The summed E-state index contributed by atoms with van der Waals surface area (Å²) in [5.41, 5.74) is 1.48. The van der Waals surface area contributed by atoms with E-state index in [1.807, 2.05) is 51.0 Å². The molecule has 114 valence electrons. The molecule has 2 N–H and O–H groups in total. The predicted octanol–water partition coefficient (Wildman–Crippen LogP) is 1.88. The van der Waals surface area contributed by atoms with Crippen LogP contribution in [0.5, 0.6) is 0 Å². The third kappa shape index (κ3) is 5.79. The molecule has 0 aliphatic carbocycles. The number of hydrogen-bond donors (Lipinski definition) is 2. The van der Waals surface area contributed by atoms with Gasteiger partial charge in [-0.15, -0.1) is 0 Å². The van der Waals surface area contributed by atoms with E-state index in [0.717, 1.165) is 5.69 Å². The highest BCUT2D eigenvalue weighted by molar-refractivity contribution is 7.92. The molecule has 6 heteroatoms. The number of nitrogens with one attached hydrogen (secondary N) is 2. The van der Waals surface area contributed by atoms with Gasteiger partial charge in [0.25, 0.3) is 0 Å². The highest BCUT2D eigenvalue weighted by Gasteiger charge is 2.13. The lowest BCUT2D eigenvalue weighted by Crippen LogP contribution is -2.27. The summed E-state index contributed by atoms with van der Waals surface area (Å²) in [6, 6.07) is 7.75. The van der Waals surface area contributed by atoms with Crippen LogP contribution in [-0.4, -0.2) is 40.9 Å². The summed E-state index contributed by atoms with van der Waals surface area (Å²) in [5.74, 6) is 0.120. The molecule has 0 aliphatic rings. The number of benzene rings is 1. The lowest BCUT2D eigenvalue weighted by Gasteiger charge is -2.18. The van der Waals surface area contributed by atoms with Crippen molar-refractivity contribution in [2.24, 2.45) is 0 Å². The van der Waals surface area contributed by atoms with E-state index in [1.54, 1.807) is 6.07 Å². The molecule has 0 bridgehead atoms. The molecule has 0 amide bonds. The topological polar surface area (TPSA) is 61.4 Å². The maximum Gasteiger partial charge on any atom is 0.232 e. The second-order valence-corrected chi connectivity index (χ2v) is 7.14. The first-order valence-electron chi connectivity index (χ1n) is 6.82. The summed E-state index contributed by atoms with van der Waals surface area (Å²) in [6.07, 6.45) is 0.595. The van der Waals surface area contributed by atoms with Gasteiger partial charge in [-0.25, -0.2) is 8.42 Å². The van der Waals surface area contributed by atoms with E-state index in [0.29, 0.717) is 24.7 Å². The maximum absolute atomic E-state index is 12.1. The lowest BCUT2D eigenvalue weighted by molar-refractivity contribution is 0.571. The summed E-state index contributed by atoms with van der Waals surface area (Å²) in [4.78, 5) is 1.89. The minimum atomic E-state index is -3.31. The monoisotopic (exact) mass is 299 g/mol. The Hall–Kier alpha value is -1.27. The van der Waals surface area contributed by atoms with Crippen molar-refractivity contribution in [2.75, 3.05) is 36.0 Å². The van der Waals surface area contributed by atoms with Crippen molar-refractivity contribution in [2.45, 2.75) is 26.3 Å². The number of rotatable bonds is 8. The Kier molecular flexibility index (Phi) is 6.29. The number of hydrogen-bond acceptors (Lipinski definition) is 4. The lowest BCUT2D eigenvalue weighted by atomic mass is 10.2. The normalized spacial score (nSPS) is 11.7. The fourth-order valence-corrected chi connectivity index (χ4v) is 2.96. The smallest absolute Gasteiger partial charge is 0.232 e. The van der Waals surface area contributed by atoms with Gasteiger partial charge in [-0.1, -0.05) is 26.0 Å². The van der Waals surface area contributed by atoms with E-state index >= 15 is 0 Å². The van der Waals surface area contributed by atoms with Crippen LogP contribution in [-0.2, 0) is 10.0 Å². The van der Waals surface area contributed by atoms with Crippen LogP contribution in [0.25, 0.3) is 0 Å². The average Bonchev–Trinajstić information content (AvgIpc) is 2.34. The van der Waals surface area contributed by atoms with Crippen molar-refractivity contribution >= 4 is 21.4 Å². The van der Waals surface area contributed by atoms with E-state index < -0.39 is 10.0 Å². The molecule has 20 heavy (non-hydrogen) atoms. The summed E-state index contributed by atoms with van der Waals surface area (Å²) in [6.45, 7) is 4.79. The quantitative estimate of drug-likeness (QED) is 0.720. The summed E-state index contributed by atoms with van der Waals surface area (Å²) < 4.78 is 26.8. The summed E-state index contributed by atoms with van der Waals surface area (Å²) in [5, 5.41) is 3.21. The van der Waals surface area contributed by atoms with Gasteiger partial charge in [-0.3, -0.25) is 4.72 Å². The molecule has 0 spiro atoms. The molecular formula is C14H25N3O2S. The third-order valence-corrected chi connectivity index (χ3v) is 4.15. The van der Waals surface area contributed by atoms with Gasteiger partial charge in [0.1, 0.15) is 0 Å².